The van der Waals surface area contributed by atoms with Crippen LogP contribution in [0.25, 0.3) is 0 Å². The molecular weight excluding hydrogens is 108 g/mol. The van der Waals surface area contributed by atoms with Gasteiger partial charge in [0.25, 0.3) is 0 Å². The van der Waals surface area contributed by atoms with E-state index in [2.05, 4.69) is 0 Å². The molecule has 8 heavy (non-hydrogen) atoms. The van der Waals surface area contributed by atoms with Crippen molar-refractivity contribution in [3.63, 3.8) is 0 Å². The van der Waals surface area contributed by atoms with Crippen LogP contribution < -0.4 is 11.5 Å². The van der Waals surface area contributed by atoms with E-state index in [4.69, 9.17) is 21.7 Å². The topological polar surface area (TPSA) is 92.5 Å². The van der Waals surface area contributed by atoms with Crippen LogP contribution in [0.4, 0.5) is 0 Å². The molecule has 0 unspecified atom stereocenters. The number of nitrogens with two attached hydrogens (primary N) is 2. The molecule has 0 saturated carbocycles. The van der Waals surface area contributed by atoms with Gasteiger partial charge in [0.15, 0.2) is 0 Å². The third-order valence-corrected chi connectivity index (χ3v) is 0.258. The summed E-state index contributed by atoms with van der Waals surface area (Å²) in [5.41, 5.74) is 9.56. The monoisotopic (exact) mass is 122 g/mol. The Kier molecular flexibility index (Phi) is 21.3. The summed E-state index contributed by atoms with van der Waals surface area (Å²) >= 11 is 0. The Morgan fingerprint density at radius 3 is 1.00 bits per heavy atom. The molecule has 0 aromatic carbocycles. The molecule has 0 radical (unpaired) electrons. The summed E-state index contributed by atoms with van der Waals surface area (Å²) in [5.74, 6) is 0. The Morgan fingerprint density at radius 1 is 0.875 bits per heavy atom. The molecule has 4 nitrogen and oxygen atoms in total. The van der Waals surface area contributed by atoms with Gasteiger partial charge in [-0.05, 0) is 0 Å². The van der Waals surface area contributed by atoms with Gasteiger partial charge in [0, 0.05) is 13.1 Å². The van der Waals surface area contributed by atoms with Gasteiger partial charge >= 0.3 is 0 Å². The molecule has 0 atom stereocenters. The highest BCUT2D eigenvalue weighted by atomic mass is 16.3. The summed E-state index contributed by atoms with van der Waals surface area (Å²) in [6.45, 7) is 0.944. The zero-order valence-electron chi connectivity index (χ0n) is 4.88. The number of hydrogen-bond donors (Lipinski definition) is 4. The van der Waals surface area contributed by atoms with E-state index in [1.807, 2.05) is 0 Å². The lowest BCUT2D eigenvalue weighted by Gasteiger charge is -1.71. The maximum absolute atomic E-state index is 7.75. The van der Waals surface area contributed by atoms with E-state index in [1.54, 1.807) is 0 Å². The van der Waals surface area contributed by atoms with Crippen molar-refractivity contribution >= 4 is 0 Å². The molecule has 0 spiro atoms. The molecule has 0 amide bonds. The third-order valence-electron chi connectivity index (χ3n) is 0.258. The summed E-state index contributed by atoms with van der Waals surface area (Å²) in [6.07, 6.45) is 0. The lowest BCUT2D eigenvalue weighted by atomic mass is 10.8. The minimum Gasteiger partial charge on any atom is -0.395 e. The average molecular weight is 122 g/mol. The number of hydrogen-bond acceptors (Lipinski definition) is 4. The van der Waals surface area contributed by atoms with Crippen LogP contribution in [0, 0.1) is 0 Å². The standard InChI is InChI=1S/2C2H7NO/c2*3-1-2-4/h2*4H,1-3H2. The summed E-state index contributed by atoms with van der Waals surface area (Å²) in [5, 5.41) is 15.5. The van der Waals surface area contributed by atoms with Crippen LogP contribution in [0.15, 0.2) is 0 Å². The molecule has 0 saturated heterocycles. The first-order valence-electron chi connectivity index (χ1n) is 2.45. The van der Waals surface area contributed by atoms with Crippen LogP contribution in [0.2, 0.25) is 0 Å². The van der Waals surface area contributed by atoms with Crippen molar-refractivity contribution in [3.8, 4) is 0 Å². The van der Waals surface area contributed by atoms with E-state index in [-0.39, 0.29) is 13.2 Å². The normalized spacial score (nSPS) is 7.50. The van der Waals surface area contributed by atoms with Crippen molar-refractivity contribution in [2.24, 2.45) is 11.5 Å². The van der Waals surface area contributed by atoms with Crippen LogP contribution in [-0.2, 0) is 0 Å². The van der Waals surface area contributed by atoms with Crippen LogP contribution >= 0.6 is 0 Å². The van der Waals surface area contributed by atoms with Gasteiger partial charge in [-0.1, -0.05) is 0 Å². The zero-order chi connectivity index (χ0) is 6.83. The van der Waals surface area contributed by atoms with Crippen molar-refractivity contribution in [1.29, 1.82) is 0 Å². The Morgan fingerprint density at radius 2 is 1.00 bits per heavy atom. The summed E-state index contributed by atoms with van der Waals surface area (Å²) in [7, 11) is 0. The summed E-state index contributed by atoms with van der Waals surface area (Å²) in [4.78, 5) is 0. The van der Waals surface area contributed by atoms with Crippen molar-refractivity contribution in [1.82, 2.24) is 0 Å². The maximum atomic E-state index is 7.75. The fourth-order valence-electron chi connectivity index (χ4n) is 0. The fourth-order valence-corrected chi connectivity index (χ4v) is 0. The number of rotatable bonds is 2. The van der Waals surface area contributed by atoms with Gasteiger partial charge in [-0.15, -0.1) is 0 Å². The minimum atomic E-state index is 0.0972. The van der Waals surface area contributed by atoms with Crippen LogP contribution in [-0.4, -0.2) is 36.5 Å². The highest BCUT2D eigenvalue weighted by Crippen LogP contribution is 1.33. The van der Waals surface area contributed by atoms with Crippen LogP contribution in [0.3, 0.4) is 0 Å². The van der Waals surface area contributed by atoms with Gasteiger partial charge in [0.2, 0.25) is 0 Å². The van der Waals surface area contributed by atoms with E-state index in [9.17, 15) is 0 Å². The molecule has 0 heterocycles. The first-order chi connectivity index (χ1) is 3.83. The maximum Gasteiger partial charge on any atom is 0.0553 e. The average Bonchev–Trinajstić information content (AvgIpc) is 1.88. The van der Waals surface area contributed by atoms with E-state index in [0.717, 1.165) is 0 Å². The lowest BCUT2D eigenvalue weighted by molar-refractivity contribution is 0.306. The van der Waals surface area contributed by atoms with Crippen LogP contribution in [0.5, 0.6) is 0 Å². The Balaban J connectivity index is 0. The predicted octanol–water partition coefficient (Wildman–Crippen LogP) is -2.13. The smallest absolute Gasteiger partial charge is 0.0553 e. The highest BCUT2D eigenvalue weighted by Gasteiger charge is 1.56. The number of aliphatic hydroxyl groups is 2. The summed E-state index contributed by atoms with van der Waals surface area (Å²) < 4.78 is 0. The second-order valence-corrected chi connectivity index (χ2v) is 1.02. The van der Waals surface area contributed by atoms with E-state index in [1.165, 1.54) is 0 Å². The van der Waals surface area contributed by atoms with Gasteiger partial charge in [-0.2, -0.15) is 0 Å². The molecule has 0 aliphatic heterocycles. The van der Waals surface area contributed by atoms with Gasteiger partial charge < -0.3 is 21.7 Å². The van der Waals surface area contributed by atoms with E-state index in [0.29, 0.717) is 13.1 Å². The molecule has 52 valence electrons. The van der Waals surface area contributed by atoms with Crippen molar-refractivity contribution in [3.05, 3.63) is 0 Å². The SMILES string of the molecule is NCCO.NCCO. The highest BCUT2D eigenvalue weighted by molar-refractivity contribution is 4.17. The molecule has 6 N–H and O–H groups in total. The molecule has 0 bridgehead atoms. The summed E-state index contributed by atoms with van der Waals surface area (Å²) in [6, 6.07) is 0. The van der Waals surface area contributed by atoms with Gasteiger partial charge in [0.05, 0.1) is 13.2 Å². The predicted molar refractivity (Wildman–Crippen MR) is 32.3 cm³/mol. The molecule has 0 aliphatic carbocycles. The second-order valence-electron chi connectivity index (χ2n) is 1.02. The first kappa shape index (κ1) is 10.8. The minimum absolute atomic E-state index is 0.0972. The Labute approximate surface area is 49.1 Å². The lowest BCUT2D eigenvalue weighted by Crippen LogP contribution is -2.02. The third kappa shape index (κ3) is 40.4. The fraction of sp³-hybridized carbons (Fsp3) is 1.00. The Hall–Kier alpha value is -0.160. The Bertz CT molecular complexity index is 20.0. The second kappa shape index (κ2) is 15.8. The largest absolute Gasteiger partial charge is 0.395 e. The first-order valence-corrected chi connectivity index (χ1v) is 2.45. The molecule has 0 aromatic heterocycles. The van der Waals surface area contributed by atoms with Gasteiger partial charge in [-0.3, -0.25) is 0 Å². The van der Waals surface area contributed by atoms with Gasteiger partial charge in [-0.25, -0.2) is 0 Å². The molecule has 0 rings (SSSR count). The number of aliphatic hydroxyl groups excluding tert-OH is 2. The molecule has 4 heteroatoms. The van der Waals surface area contributed by atoms with Crippen molar-refractivity contribution < 1.29 is 10.2 Å². The molecular formula is C4H14N2O2. The molecule has 0 aliphatic rings. The molecule has 0 aromatic rings. The van der Waals surface area contributed by atoms with E-state index < -0.39 is 0 Å². The zero-order valence-corrected chi connectivity index (χ0v) is 4.88. The molecule has 0 fully saturated rings. The van der Waals surface area contributed by atoms with Gasteiger partial charge in [0.1, 0.15) is 0 Å². The van der Waals surface area contributed by atoms with Crippen molar-refractivity contribution in [2.45, 2.75) is 0 Å². The van der Waals surface area contributed by atoms with Crippen molar-refractivity contribution in [2.75, 3.05) is 26.3 Å². The quantitative estimate of drug-likeness (QED) is 0.337. The van der Waals surface area contributed by atoms with Crippen LogP contribution in [0.1, 0.15) is 0 Å². The van der Waals surface area contributed by atoms with E-state index >= 15 is 0 Å².